The molecule has 0 saturated carbocycles. The van der Waals surface area contributed by atoms with Crippen LogP contribution in [-0.2, 0) is 18.0 Å². The molecule has 1 aromatic carbocycles. The topological polar surface area (TPSA) is 74.0 Å². The Morgan fingerprint density at radius 2 is 1.96 bits per heavy atom. The maximum atomic E-state index is 13.1. The lowest BCUT2D eigenvalue weighted by atomic mass is 10.3. The Kier molecular flexibility index (Phi) is 5.32. The Morgan fingerprint density at radius 3 is 2.57 bits per heavy atom. The Hall–Kier alpha value is -3.01. The Bertz CT molecular complexity index is 1010. The van der Waals surface area contributed by atoms with Crippen LogP contribution in [0.4, 0.5) is 19.0 Å². The lowest BCUT2D eigenvalue weighted by molar-refractivity contribution is -0.141. The van der Waals surface area contributed by atoms with E-state index >= 15 is 0 Å². The molecule has 3 aromatic rings. The fourth-order valence-corrected chi connectivity index (χ4v) is 2.66. The molecule has 0 aliphatic carbocycles. The Morgan fingerprint density at radius 1 is 1.25 bits per heavy atom. The summed E-state index contributed by atoms with van der Waals surface area (Å²) in [6.45, 7) is 1.23. The van der Waals surface area contributed by atoms with E-state index in [1.54, 1.807) is 32.2 Å². The molecule has 1 N–H and O–H groups in total. The van der Waals surface area contributed by atoms with Gasteiger partial charge in [-0.05, 0) is 19.1 Å². The van der Waals surface area contributed by atoms with Gasteiger partial charge >= 0.3 is 6.18 Å². The van der Waals surface area contributed by atoms with Crippen LogP contribution in [0.3, 0.4) is 0 Å². The number of carbonyl (C=O) groups is 1. The highest BCUT2D eigenvalue weighted by molar-refractivity contribution is 6.32. The molecule has 0 aliphatic rings. The summed E-state index contributed by atoms with van der Waals surface area (Å²) < 4.78 is 46.9. The number of aromatic nitrogens is 4. The number of halogens is 4. The van der Waals surface area contributed by atoms with E-state index in [0.717, 1.165) is 4.68 Å². The second-order valence-corrected chi connectivity index (χ2v) is 6.27. The van der Waals surface area contributed by atoms with Crippen LogP contribution in [-0.4, -0.2) is 32.1 Å². The normalized spacial score (nSPS) is 11.5. The van der Waals surface area contributed by atoms with Gasteiger partial charge in [-0.2, -0.15) is 28.1 Å². The van der Waals surface area contributed by atoms with Crippen LogP contribution in [0.5, 0.6) is 5.88 Å². The lowest BCUT2D eigenvalue weighted by Crippen LogP contribution is -2.22. The lowest BCUT2D eigenvalue weighted by Gasteiger charge is -2.10. The van der Waals surface area contributed by atoms with E-state index in [1.165, 1.54) is 16.8 Å². The summed E-state index contributed by atoms with van der Waals surface area (Å²) >= 11 is 6.06. The third-order valence-corrected chi connectivity index (χ3v) is 3.99. The van der Waals surface area contributed by atoms with Crippen molar-refractivity contribution in [3.8, 4) is 11.6 Å². The molecule has 0 atom stereocenters. The van der Waals surface area contributed by atoms with Crippen LogP contribution < -0.4 is 10.1 Å². The molecule has 3 rings (SSSR count). The van der Waals surface area contributed by atoms with Gasteiger partial charge in [0.25, 0.3) is 5.91 Å². The van der Waals surface area contributed by atoms with Crippen LogP contribution in [0.25, 0.3) is 5.69 Å². The van der Waals surface area contributed by atoms with E-state index in [-0.39, 0.29) is 16.6 Å². The van der Waals surface area contributed by atoms with Crippen LogP contribution in [0, 0.1) is 6.92 Å². The molecule has 28 heavy (non-hydrogen) atoms. The third-order valence-electron chi connectivity index (χ3n) is 3.67. The molecular weight excluding hydrogens is 399 g/mol. The van der Waals surface area contributed by atoms with Gasteiger partial charge in [0.15, 0.2) is 12.3 Å². The Labute approximate surface area is 162 Å². The van der Waals surface area contributed by atoms with Gasteiger partial charge in [0.2, 0.25) is 5.88 Å². The minimum absolute atomic E-state index is 0.180. The largest absolute Gasteiger partial charge is 0.467 e. The summed E-state index contributed by atoms with van der Waals surface area (Å²) in [6.07, 6.45) is -4.68. The van der Waals surface area contributed by atoms with Gasteiger partial charge in [0, 0.05) is 19.2 Å². The zero-order valence-electron chi connectivity index (χ0n) is 14.8. The number of nitrogens with one attached hydrogen (secondary N) is 1. The number of aryl methyl sites for hydroxylation is 2. The highest BCUT2D eigenvalue weighted by atomic mass is 35.5. The molecule has 1 amide bonds. The van der Waals surface area contributed by atoms with E-state index in [4.69, 9.17) is 16.3 Å². The predicted molar refractivity (Wildman–Crippen MR) is 95.6 cm³/mol. The van der Waals surface area contributed by atoms with Crippen LogP contribution in [0.1, 0.15) is 11.4 Å². The van der Waals surface area contributed by atoms with Crippen molar-refractivity contribution in [1.29, 1.82) is 0 Å². The van der Waals surface area contributed by atoms with Crippen molar-refractivity contribution in [1.82, 2.24) is 19.6 Å². The molecule has 0 unspecified atom stereocenters. The molecule has 148 valence electrons. The molecule has 0 bridgehead atoms. The molecule has 0 radical (unpaired) electrons. The molecule has 0 fully saturated rings. The first-order chi connectivity index (χ1) is 13.1. The number of para-hydroxylation sites is 1. The first-order valence-electron chi connectivity index (χ1n) is 8.00. The van der Waals surface area contributed by atoms with E-state index in [9.17, 15) is 18.0 Å². The molecule has 0 aliphatic heterocycles. The number of alkyl halides is 3. The average molecular weight is 414 g/mol. The number of rotatable bonds is 5. The Balaban J connectivity index is 1.82. The van der Waals surface area contributed by atoms with Gasteiger partial charge in [0.05, 0.1) is 16.4 Å². The van der Waals surface area contributed by atoms with Crippen molar-refractivity contribution in [3.05, 3.63) is 52.8 Å². The van der Waals surface area contributed by atoms with Crippen molar-refractivity contribution in [3.63, 3.8) is 0 Å². The molecule has 0 saturated heterocycles. The fraction of sp³-hybridized carbons (Fsp3) is 0.235. The van der Waals surface area contributed by atoms with E-state index in [1.807, 2.05) is 0 Å². The summed E-state index contributed by atoms with van der Waals surface area (Å²) in [7, 11) is 1.64. The minimum Gasteiger partial charge on any atom is -0.467 e. The van der Waals surface area contributed by atoms with Crippen LogP contribution in [0.15, 0.2) is 36.4 Å². The molecule has 2 heterocycles. The quantitative estimate of drug-likeness (QED) is 0.693. The molecule has 7 nitrogen and oxygen atoms in total. The maximum Gasteiger partial charge on any atom is 0.435 e. The molecule has 0 spiro atoms. The summed E-state index contributed by atoms with van der Waals surface area (Å²) in [4.78, 5) is 12.1. The van der Waals surface area contributed by atoms with E-state index in [0.29, 0.717) is 17.6 Å². The van der Waals surface area contributed by atoms with Crippen LogP contribution >= 0.6 is 11.6 Å². The molecule has 2 aromatic heterocycles. The van der Waals surface area contributed by atoms with Gasteiger partial charge < -0.3 is 10.1 Å². The van der Waals surface area contributed by atoms with E-state index < -0.39 is 24.4 Å². The number of hydrogen-bond donors (Lipinski definition) is 1. The number of anilines is 1. The zero-order chi connectivity index (χ0) is 20.5. The van der Waals surface area contributed by atoms with Gasteiger partial charge in [-0.15, -0.1) is 0 Å². The summed E-state index contributed by atoms with van der Waals surface area (Å²) in [5, 5.41) is 10.4. The zero-order valence-corrected chi connectivity index (χ0v) is 15.5. The van der Waals surface area contributed by atoms with Crippen molar-refractivity contribution in [2.24, 2.45) is 7.05 Å². The smallest absolute Gasteiger partial charge is 0.435 e. The summed E-state index contributed by atoms with van der Waals surface area (Å²) in [5.74, 6) is -0.401. The molecule has 11 heteroatoms. The number of carbonyl (C=O) groups excluding carboxylic acids is 1. The number of amides is 1. The first kappa shape index (κ1) is 19.7. The fourth-order valence-electron chi connectivity index (χ4n) is 2.45. The minimum atomic E-state index is -4.68. The van der Waals surface area contributed by atoms with Gasteiger partial charge in [-0.3, -0.25) is 9.48 Å². The van der Waals surface area contributed by atoms with Crippen molar-refractivity contribution in [2.45, 2.75) is 13.1 Å². The highest BCUT2D eigenvalue weighted by Crippen LogP contribution is 2.33. The monoisotopic (exact) mass is 413 g/mol. The number of nitrogens with zero attached hydrogens (tertiary/aromatic N) is 4. The summed E-state index contributed by atoms with van der Waals surface area (Å²) in [6, 6.07) is 8.58. The van der Waals surface area contributed by atoms with Crippen molar-refractivity contribution < 1.29 is 22.7 Å². The van der Waals surface area contributed by atoms with Gasteiger partial charge in [-0.25, -0.2) is 0 Å². The predicted octanol–water partition coefficient (Wildman–Crippen LogP) is 3.60. The highest BCUT2D eigenvalue weighted by Gasteiger charge is 2.36. The second kappa shape index (κ2) is 7.55. The summed E-state index contributed by atoms with van der Waals surface area (Å²) in [5.41, 5.74) is -0.271. The number of benzene rings is 1. The number of ether oxygens (including phenoxy) is 1. The van der Waals surface area contributed by atoms with Gasteiger partial charge in [0.1, 0.15) is 5.82 Å². The second-order valence-electron chi connectivity index (χ2n) is 5.86. The van der Waals surface area contributed by atoms with Gasteiger partial charge in [-0.1, -0.05) is 23.7 Å². The van der Waals surface area contributed by atoms with Crippen molar-refractivity contribution in [2.75, 3.05) is 11.9 Å². The maximum absolute atomic E-state index is 13.1. The third kappa shape index (κ3) is 4.28. The standard InChI is InChI=1S/C17H15ClF3N5O2/c1-10-7-14(25(2)23-10)22-15(27)9-28-16-8-13(17(19,20)21)24-26(16)12-6-4-3-5-11(12)18/h3-8H,9H2,1-2H3,(H,22,27). The average Bonchev–Trinajstić information content (AvgIpc) is 3.16. The van der Waals surface area contributed by atoms with Crippen molar-refractivity contribution >= 4 is 23.3 Å². The van der Waals surface area contributed by atoms with E-state index in [2.05, 4.69) is 15.5 Å². The first-order valence-corrected chi connectivity index (χ1v) is 8.38. The molecular formula is C17H15ClF3N5O2. The number of hydrogen-bond acceptors (Lipinski definition) is 4. The SMILES string of the molecule is Cc1cc(NC(=O)COc2cc(C(F)(F)F)nn2-c2ccccc2Cl)n(C)n1. The van der Waals surface area contributed by atoms with Crippen LogP contribution in [0.2, 0.25) is 5.02 Å².